The molecule has 9 heteroatoms. The van der Waals surface area contributed by atoms with Gasteiger partial charge in [0.15, 0.2) is 17.2 Å². The lowest BCUT2D eigenvalue weighted by Crippen LogP contribution is -2.22. The molecule has 0 aromatic heterocycles. The Balaban J connectivity index is 1.64. The number of benzene rings is 3. The molecule has 0 radical (unpaired) electrons. The van der Waals surface area contributed by atoms with Crippen molar-refractivity contribution in [1.82, 2.24) is 0 Å². The van der Waals surface area contributed by atoms with Crippen LogP contribution in [0.3, 0.4) is 0 Å². The molecule has 0 aliphatic carbocycles. The van der Waals surface area contributed by atoms with Crippen LogP contribution in [-0.2, 0) is 16.2 Å². The van der Waals surface area contributed by atoms with Crippen molar-refractivity contribution in [3.05, 3.63) is 93.7 Å². The summed E-state index contributed by atoms with van der Waals surface area (Å²) < 4.78 is 25.0. The Labute approximate surface area is 202 Å². The molecule has 7 nitrogen and oxygen atoms in total. The van der Waals surface area contributed by atoms with E-state index in [0.29, 0.717) is 22.7 Å². The molecule has 1 aliphatic rings. The number of amides is 1. The largest absolute Gasteiger partial charge is 0.493 e. The van der Waals surface area contributed by atoms with Crippen LogP contribution < -0.4 is 14.5 Å². The van der Waals surface area contributed by atoms with Crippen molar-refractivity contribution >= 4 is 45.3 Å². The second-order valence-electron chi connectivity index (χ2n) is 7.23. The highest BCUT2D eigenvalue weighted by atomic mass is 79.9. The number of halogens is 2. The van der Waals surface area contributed by atoms with Gasteiger partial charge in [-0.05, 0) is 59.7 Å². The summed E-state index contributed by atoms with van der Waals surface area (Å²) in [5.74, 6) is -1.41. The summed E-state index contributed by atoms with van der Waals surface area (Å²) in [6.07, 6.45) is 1.44. The van der Waals surface area contributed by atoms with E-state index in [1.165, 1.54) is 25.3 Å². The third kappa shape index (κ3) is 4.99. The van der Waals surface area contributed by atoms with E-state index < -0.39 is 11.9 Å². The van der Waals surface area contributed by atoms with Crippen molar-refractivity contribution in [1.29, 1.82) is 0 Å². The fourth-order valence-electron chi connectivity index (χ4n) is 3.29. The summed E-state index contributed by atoms with van der Waals surface area (Å²) in [4.78, 5) is 24.9. The molecule has 0 saturated carbocycles. The number of nitrogens with zero attached hydrogens (tertiary/aromatic N) is 2. The quantitative estimate of drug-likeness (QED) is 0.437. The highest BCUT2D eigenvalue weighted by molar-refractivity contribution is 9.10. The minimum Gasteiger partial charge on any atom is -0.493 e. The van der Waals surface area contributed by atoms with Crippen LogP contribution in [0.25, 0.3) is 6.08 Å². The molecule has 0 spiro atoms. The van der Waals surface area contributed by atoms with E-state index in [-0.39, 0.29) is 23.7 Å². The smallest absolute Gasteiger partial charge is 0.357 e. The number of aliphatic carboxylic acids is 1. The van der Waals surface area contributed by atoms with Crippen LogP contribution in [0.4, 0.5) is 10.1 Å². The first-order chi connectivity index (χ1) is 16.4. The van der Waals surface area contributed by atoms with Gasteiger partial charge >= 0.3 is 5.97 Å². The predicted octanol–water partition coefficient (Wildman–Crippen LogP) is 5.05. The number of carboxylic acids is 1. The molecular weight excluding hydrogens is 507 g/mol. The number of hydrogen-bond donors (Lipinski definition) is 1. The van der Waals surface area contributed by atoms with E-state index in [2.05, 4.69) is 21.0 Å². The van der Waals surface area contributed by atoms with E-state index in [1.54, 1.807) is 54.6 Å². The van der Waals surface area contributed by atoms with Crippen molar-refractivity contribution in [2.45, 2.75) is 6.61 Å². The summed E-state index contributed by atoms with van der Waals surface area (Å²) >= 11 is 3.34. The highest BCUT2D eigenvalue weighted by Crippen LogP contribution is 2.32. The maximum atomic E-state index is 13.1. The number of methoxy groups -OCH3 is 1. The molecule has 1 heterocycles. The Bertz CT molecular complexity index is 1320. The average Bonchev–Trinajstić information content (AvgIpc) is 3.15. The van der Waals surface area contributed by atoms with Crippen molar-refractivity contribution < 1.29 is 28.6 Å². The summed E-state index contributed by atoms with van der Waals surface area (Å²) in [7, 11) is 1.49. The first-order valence-electron chi connectivity index (χ1n) is 10.0. The maximum Gasteiger partial charge on any atom is 0.357 e. The monoisotopic (exact) mass is 524 g/mol. The maximum absolute atomic E-state index is 13.1. The number of carbonyl (C=O) groups excluding carboxylic acids is 1. The molecule has 1 aliphatic heterocycles. The Hall–Kier alpha value is -3.98. The molecule has 172 valence electrons. The van der Waals surface area contributed by atoms with Crippen molar-refractivity contribution in [2.24, 2.45) is 5.10 Å². The van der Waals surface area contributed by atoms with Gasteiger partial charge in [0.25, 0.3) is 5.91 Å². The number of rotatable bonds is 7. The number of anilines is 1. The minimum atomic E-state index is -1.32. The lowest BCUT2D eigenvalue weighted by Gasteiger charge is -2.12. The Morgan fingerprint density at radius 2 is 1.88 bits per heavy atom. The van der Waals surface area contributed by atoms with Gasteiger partial charge in [0.1, 0.15) is 12.4 Å². The van der Waals surface area contributed by atoms with Crippen LogP contribution in [-0.4, -0.2) is 29.8 Å². The topological polar surface area (TPSA) is 88.4 Å². The summed E-state index contributed by atoms with van der Waals surface area (Å²) in [5, 5.41) is 14.7. The fraction of sp³-hybridized carbons (Fsp3) is 0.0800. The number of hydrazone groups is 1. The minimum absolute atomic E-state index is 0.0675. The molecule has 4 rings (SSSR count). The predicted molar refractivity (Wildman–Crippen MR) is 128 cm³/mol. The van der Waals surface area contributed by atoms with Crippen LogP contribution in [0.2, 0.25) is 0 Å². The van der Waals surface area contributed by atoms with Gasteiger partial charge in [0, 0.05) is 4.47 Å². The third-order valence-corrected chi connectivity index (χ3v) is 5.43. The molecule has 1 amide bonds. The number of ether oxygens (including phenoxy) is 2. The number of hydrogen-bond acceptors (Lipinski definition) is 5. The Morgan fingerprint density at radius 1 is 1.12 bits per heavy atom. The zero-order valence-corrected chi connectivity index (χ0v) is 19.5. The van der Waals surface area contributed by atoms with Crippen LogP contribution >= 0.6 is 15.9 Å². The summed E-state index contributed by atoms with van der Waals surface area (Å²) in [6.45, 7) is 0.161. The molecule has 3 aromatic carbocycles. The standard InChI is InChI=1S/C25H18BrFN2O5/c1-33-21-10-7-16(12-22(21)34-14-15-5-8-18(27)9-6-15)11-20-23(25(31)32)28-29(24(20)30)19-4-2-3-17(26)13-19/h2-13H,14H2,1H3,(H,31,32)/b20-11-. The van der Waals surface area contributed by atoms with Gasteiger partial charge in [-0.2, -0.15) is 10.1 Å². The van der Waals surface area contributed by atoms with E-state index in [9.17, 15) is 19.1 Å². The van der Waals surface area contributed by atoms with E-state index in [1.807, 2.05) is 0 Å². The molecule has 0 bridgehead atoms. The highest BCUT2D eigenvalue weighted by Gasteiger charge is 2.35. The Morgan fingerprint density at radius 3 is 2.56 bits per heavy atom. The van der Waals surface area contributed by atoms with Crippen LogP contribution in [0.15, 0.2) is 81.9 Å². The molecule has 1 N–H and O–H groups in total. The van der Waals surface area contributed by atoms with Gasteiger partial charge in [0.05, 0.1) is 18.4 Å². The molecule has 0 fully saturated rings. The first kappa shape index (κ1) is 23.2. The van der Waals surface area contributed by atoms with Gasteiger partial charge < -0.3 is 14.6 Å². The second kappa shape index (κ2) is 9.88. The van der Waals surface area contributed by atoms with Crippen LogP contribution in [0, 0.1) is 5.82 Å². The summed E-state index contributed by atoms with van der Waals surface area (Å²) in [5.41, 5.74) is 1.27. The lowest BCUT2D eigenvalue weighted by atomic mass is 10.1. The SMILES string of the molecule is COc1ccc(/C=C2\C(=O)N(c3cccc(Br)c3)N=C2C(=O)O)cc1OCc1ccc(F)cc1. The van der Waals surface area contributed by atoms with E-state index >= 15 is 0 Å². The molecule has 3 aromatic rings. The molecular formula is C25H18BrFN2O5. The summed E-state index contributed by atoms with van der Waals surface area (Å²) in [6, 6.07) is 17.7. The van der Waals surface area contributed by atoms with E-state index in [4.69, 9.17) is 9.47 Å². The normalized spacial score (nSPS) is 14.3. The lowest BCUT2D eigenvalue weighted by molar-refractivity contribution is -0.129. The molecule has 0 unspecified atom stereocenters. The second-order valence-corrected chi connectivity index (χ2v) is 8.15. The first-order valence-corrected chi connectivity index (χ1v) is 10.8. The van der Waals surface area contributed by atoms with Gasteiger partial charge in [-0.3, -0.25) is 4.79 Å². The fourth-order valence-corrected chi connectivity index (χ4v) is 3.68. The van der Waals surface area contributed by atoms with Crippen LogP contribution in [0.5, 0.6) is 11.5 Å². The van der Waals surface area contributed by atoms with Gasteiger partial charge in [-0.1, -0.05) is 40.2 Å². The van der Waals surface area contributed by atoms with Crippen LogP contribution in [0.1, 0.15) is 11.1 Å². The Kier molecular flexibility index (Phi) is 6.74. The molecule has 34 heavy (non-hydrogen) atoms. The van der Waals surface area contributed by atoms with Crippen molar-refractivity contribution in [3.63, 3.8) is 0 Å². The zero-order chi connectivity index (χ0) is 24.2. The average molecular weight is 525 g/mol. The van der Waals surface area contributed by atoms with Crippen molar-refractivity contribution in [2.75, 3.05) is 12.1 Å². The van der Waals surface area contributed by atoms with Gasteiger partial charge in [-0.15, -0.1) is 0 Å². The van der Waals surface area contributed by atoms with Gasteiger partial charge in [0.2, 0.25) is 0 Å². The molecule has 0 atom stereocenters. The zero-order valence-electron chi connectivity index (χ0n) is 17.9. The number of carboxylic acid groups (broad SMARTS) is 1. The third-order valence-electron chi connectivity index (χ3n) is 4.94. The van der Waals surface area contributed by atoms with Gasteiger partial charge in [-0.25, -0.2) is 9.18 Å². The number of carbonyl (C=O) groups is 2. The van der Waals surface area contributed by atoms with Crippen molar-refractivity contribution in [3.8, 4) is 11.5 Å². The molecule has 0 saturated heterocycles. The van der Waals surface area contributed by atoms with E-state index in [0.717, 1.165) is 15.0 Å².